The molecule has 0 atom stereocenters. The van der Waals surface area contributed by atoms with Gasteiger partial charge < -0.3 is 0 Å². The first-order valence-corrected chi connectivity index (χ1v) is 6.45. The van der Waals surface area contributed by atoms with Gasteiger partial charge in [-0.2, -0.15) is 5.10 Å². The number of rotatable bonds is 4. The zero-order valence-electron chi connectivity index (χ0n) is 11.7. The van der Waals surface area contributed by atoms with Gasteiger partial charge in [0.15, 0.2) is 5.78 Å². The maximum absolute atomic E-state index is 13.9. The number of hydrogen-bond donors (Lipinski definition) is 0. The van der Waals surface area contributed by atoms with Crippen molar-refractivity contribution in [2.24, 2.45) is 0 Å². The number of ketones is 1. The van der Waals surface area contributed by atoms with Crippen molar-refractivity contribution in [3.8, 4) is 0 Å². The van der Waals surface area contributed by atoms with E-state index < -0.39 is 23.0 Å². The minimum atomic E-state index is -0.822. The third-order valence-electron chi connectivity index (χ3n) is 3.19. The van der Waals surface area contributed by atoms with Gasteiger partial charge in [0.25, 0.3) is 0 Å². The third kappa shape index (κ3) is 2.61. The Morgan fingerprint density at radius 2 is 2.00 bits per heavy atom. The van der Waals surface area contributed by atoms with E-state index in [4.69, 9.17) is 0 Å². The van der Waals surface area contributed by atoms with Crippen LogP contribution in [0.15, 0.2) is 18.2 Å². The Morgan fingerprint density at radius 3 is 2.65 bits per heavy atom. The normalized spacial score (nSPS) is 10.8. The molecule has 20 heavy (non-hydrogen) atoms. The molecular weight excluding hydrogens is 262 g/mol. The predicted octanol–water partition coefficient (Wildman–Crippen LogP) is 3.22. The van der Waals surface area contributed by atoms with E-state index in [1.165, 1.54) is 13.0 Å². The lowest BCUT2D eigenvalue weighted by molar-refractivity contribution is 0.0982. The van der Waals surface area contributed by atoms with E-state index in [1.54, 1.807) is 10.7 Å². The topological polar surface area (TPSA) is 34.9 Å². The molecule has 0 saturated heterocycles. The van der Waals surface area contributed by atoms with Crippen molar-refractivity contribution in [1.29, 1.82) is 0 Å². The van der Waals surface area contributed by atoms with E-state index in [9.17, 15) is 13.6 Å². The summed E-state index contributed by atoms with van der Waals surface area (Å²) < 4.78 is 29.3. The van der Waals surface area contributed by atoms with Crippen molar-refractivity contribution in [1.82, 2.24) is 9.78 Å². The highest BCUT2D eigenvalue weighted by Gasteiger charge is 2.20. The molecule has 5 heteroatoms. The summed E-state index contributed by atoms with van der Waals surface area (Å²) in [7, 11) is 0. The number of hydrogen-bond acceptors (Lipinski definition) is 2. The van der Waals surface area contributed by atoms with Crippen molar-refractivity contribution >= 4 is 5.78 Å². The number of halogens is 2. The maximum Gasteiger partial charge on any atom is 0.174 e. The second kappa shape index (κ2) is 5.53. The van der Waals surface area contributed by atoms with Crippen molar-refractivity contribution in [2.75, 3.05) is 0 Å². The highest BCUT2D eigenvalue weighted by molar-refractivity contribution is 5.98. The van der Waals surface area contributed by atoms with E-state index in [0.717, 1.165) is 11.8 Å². The Labute approximate surface area is 116 Å². The van der Waals surface area contributed by atoms with Crippen LogP contribution in [0.2, 0.25) is 0 Å². The van der Waals surface area contributed by atoms with Gasteiger partial charge in [0.05, 0.1) is 17.7 Å². The molecule has 0 spiro atoms. The van der Waals surface area contributed by atoms with Crippen molar-refractivity contribution in [3.05, 3.63) is 52.3 Å². The van der Waals surface area contributed by atoms with Gasteiger partial charge in [-0.15, -0.1) is 0 Å². The van der Waals surface area contributed by atoms with E-state index >= 15 is 0 Å². The van der Waals surface area contributed by atoms with E-state index in [1.807, 2.05) is 13.8 Å². The van der Waals surface area contributed by atoms with Crippen LogP contribution in [0.5, 0.6) is 0 Å². The van der Waals surface area contributed by atoms with Crippen molar-refractivity contribution in [2.45, 2.75) is 33.7 Å². The molecule has 0 saturated carbocycles. The molecule has 2 aromatic rings. The lowest BCUT2D eigenvalue weighted by Crippen LogP contribution is -2.13. The molecule has 0 aliphatic carbocycles. The molecular formula is C15H16F2N2O. The molecule has 0 bridgehead atoms. The SMILES string of the molecule is CCn1nc(C)cc1CC(=O)c1c(F)ccc(C)c1F. The molecule has 0 amide bonds. The standard InChI is InChI=1S/C15H16F2N2O/c1-4-19-11(7-10(3)18-19)8-13(20)14-12(16)6-5-9(2)15(14)17/h5-7H,4,8H2,1-3H3. The summed E-state index contributed by atoms with van der Waals surface area (Å²) in [6, 6.07) is 4.20. The maximum atomic E-state index is 13.9. The largest absolute Gasteiger partial charge is 0.294 e. The minimum Gasteiger partial charge on any atom is -0.294 e. The van der Waals surface area contributed by atoms with Crippen LogP contribution in [0, 0.1) is 25.5 Å². The summed E-state index contributed by atoms with van der Waals surface area (Å²) in [5.74, 6) is -2.18. The molecule has 0 aliphatic rings. The Hall–Kier alpha value is -2.04. The van der Waals surface area contributed by atoms with Gasteiger partial charge in [-0.1, -0.05) is 6.07 Å². The van der Waals surface area contributed by atoms with E-state index in [2.05, 4.69) is 5.10 Å². The molecule has 1 aromatic carbocycles. The summed E-state index contributed by atoms with van der Waals surface area (Å²) in [5, 5.41) is 4.22. The van der Waals surface area contributed by atoms with Crippen LogP contribution in [0.3, 0.4) is 0 Å². The zero-order chi connectivity index (χ0) is 14.9. The molecule has 1 heterocycles. The van der Waals surface area contributed by atoms with Crippen LogP contribution in [0.1, 0.15) is 34.2 Å². The quantitative estimate of drug-likeness (QED) is 0.805. The monoisotopic (exact) mass is 278 g/mol. The second-order valence-corrected chi connectivity index (χ2v) is 4.75. The van der Waals surface area contributed by atoms with Gasteiger partial charge in [-0.05, 0) is 38.5 Å². The van der Waals surface area contributed by atoms with E-state index in [0.29, 0.717) is 12.2 Å². The highest BCUT2D eigenvalue weighted by atomic mass is 19.1. The number of Topliss-reactive ketones (excluding diaryl/α,β-unsaturated/α-hetero) is 1. The van der Waals surface area contributed by atoms with Crippen molar-refractivity contribution < 1.29 is 13.6 Å². The van der Waals surface area contributed by atoms with E-state index in [-0.39, 0.29) is 12.0 Å². The van der Waals surface area contributed by atoms with Crippen LogP contribution in [-0.4, -0.2) is 15.6 Å². The lowest BCUT2D eigenvalue weighted by atomic mass is 10.0. The first kappa shape index (κ1) is 14.4. The molecule has 2 rings (SSSR count). The molecule has 106 valence electrons. The third-order valence-corrected chi connectivity index (χ3v) is 3.19. The molecule has 0 aliphatic heterocycles. The number of carbonyl (C=O) groups is 1. The summed E-state index contributed by atoms with van der Waals surface area (Å²) >= 11 is 0. The Morgan fingerprint density at radius 1 is 1.30 bits per heavy atom. The molecule has 0 radical (unpaired) electrons. The van der Waals surface area contributed by atoms with Gasteiger partial charge in [0.2, 0.25) is 0 Å². The van der Waals surface area contributed by atoms with Gasteiger partial charge >= 0.3 is 0 Å². The first-order valence-electron chi connectivity index (χ1n) is 6.45. The fourth-order valence-electron chi connectivity index (χ4n) is 2.18. The number of benzene rings is 1. The molecule has 0 fully saturated rings. The van der Waals surface area contributed by atoms with Gasteiger partial charge in [0, 0.05) is 12.2 Å². The smallest absolute Gasteiger partial charge is 0.174 e. The van der Waals surface area contributed by atoms with Crippen molar-refractivity contribution in [3.63, 3.8) is 0 Å². The molecule has 0 unspecified atom stereocenters. The zero-order valence-corrected chi connectivity index (χ0v) is 11.7. The average Bonchev–Trinajstić information content (AvgIpc) is 2.74. The average molecular weight is 278 g/mol. The Bertz CT molecular complexity index is 662. The number of aromatic nitrogens is 2. The number of carbonyl (C=O) groups excluding carboxylic acids is 1. The lowest BCUT2D eigenvalue weighted by Gasteiger charge is -2.07. The number of nitrogens with zero attached hydrogens (tertiary/aromatic N) is 2. The Balaban J connectivity index is 2.35. The molecule has 0 N–H and O–H groups in total. The first-order chi connectivity index (χ1) is 9.43. The fraction of sp³-hybridized carbons (Fsp3) is 0.333. The van der Waals surface area contributed by atoms with Gasteiger partial charge in [0.1, 0.15) is 11.6 Å². The Kier molecular flexibility index (Phi) is 3.97. The van der Waals surface area contributed by atoms with Crippen LogP contribution >= 0.6 is 0 Å². The summed E-state index contributed by atoms with van der Waals surface area (Å²) in [4.78, 5) is 12.2. The van der Waals surface area contributed by atoms with Gasteiger partial charge in [-0.25, -0.2) is 8.78 Å². The second-order valence-electron chi connectivity index (χ2n) is 4.75. The summed E-state index contributed by atoms with van der Waals surface area (Å²) in [6.07, 6.45) is -0.0635. The fourth-order valence-corrected chi connectivity index (χ4v) is 2.18. The predicted molar refractivity (Wildman–Crippen MR) is 71.8 cm³/mol. The van der Waals surface area contributed by atoms with Crippen LogP contribution in [-0.2, 0) is 13.0 Å². The molecule has 1 aromatic heterocycles. The van der Waals surface area contributed by atoms with Crippen LogP contribution < -0.4 is 0 Å². The number of aryl methyl sites for hydroxylation is 3. The minimum absolute atomic E-state index is 0.0635. The van der Waals surface area contributed by atoms with Gasteiger partial charge in [-0.3, -0.25) is 9.48 Å². The highest BCUT2D eigenvalue weighted by Crippen LogP contribution is 2.19. The summed E-state index contributed by atoms with van der Waals surface area (Å²) in [5.41, 5.74) is 1.23. The van der Waals surface area contributed by atoms with Crippen LogP contribution in [0.25, 0.3) is 0 Å². The molecule has 3 nitrogen and oxygen atoms in total. The van der Waals surface area contributed by atoms with Crippen LogP contribution in [0.4, 0.5) is 8.78 Å². The summed E-state index contributed by atoms with van der Waals surface area (Å²) in [6.45, 7) is 5.82.